The Bertz CT molecular complexity index is 1160. The summed E-state index contributed by atoms with van der Waals surface area (Å²) in [5, 5.41) is 17.9. The molecule has 12 heteroatoms. The summed E-state index contributed by atoms with van der Waals surface area (Å²) >= 11 is 0. The zero-order chi connectivity index (χ0) is 31.4. The number of piperidine rings is 1. The van der Waals surface area contributed by atoms with Gasteiger partial charge in [-0.1, -0.05) is 24.3 Å². The smallest absolute Gasteiger partial charge is 0.414 e. The lowest BCUT2D eigenvalue weighted by atomic mass is 10.0. The molecule has 2 aromatic rings. The van der Waals surface area contributed by atoms with Crippen molar-refractivity contribution in [1.82, 2.24) is 15.1 Å². The van der Waals surface area contributed by atoms with E-state index in [1.807, 2.05) is 49.9 Å². The van der Waals surface area contributed by atoms with Gasteiger partial charge in [0.1, 0.15) is 11.6 Å². The average molecular weight is 604 g/mol. The van der Waals surface area contributed by atoms with Gasteiger partial charge in [0.15, 0.2) is 6.29 Å². The number of carboxylic acid groups (broad SMARTS) is 2. The summed E-state index contributed by atoms with van der Waals surface area (Å²) in [5.41, 5.74) is 1.92. The fraction of sp³-hybridized carbons (Fsp3) is 0.516. The number of carboxylic acids is 2. The summed E-state index contributed by atoms with van der Waals surface area (Å²) in [6.07, 6.45) is 2.80. The van der Waals surface area contributed by atoms with Crippen LogP contribution < -0.4 is 10.1 Å². The maximum absolute atomic E-state index is 13.5. The molecule has 2 amide bonds. The van der Waals surface area contributed by atoms with E-state index < -0.39 is 11.9 Å². The minimum Gasteiger partial charge on any atom is -0.491 e. The average Bonchev–Trinajstić information content (AvgIpc) is 3.40. The van der Waals surface area contributed by atoms with Crippen LogP contribution in [-0.4, -0.2) is 88.8 Å². The van der Waals surface area contributed by atoms with E-state index in [1.165, 1.54) is 12.1 Å². The van der Waals surface area contributed by atoms with Gasteiger partial charge in [0.25, 0.3) is 0 Å². The van der Waals surface area contributed by atoms with Gasteiger partial charge in [-0.15, -0.1) is 0 Å². The highest BCUT2D eigenvalue weighted by molar-refractivity contribution is 6.27. The van der Waals surface area contributed by atoms with E-state index in [1.54, 1.807) is 12.1 Å². The standard InChI is InChI=1S/C29H40FN3O4.C2H2O4/c1-21(2)36-27-10-6-23(7-11-27)18-31-29(34)33(19-24-4-8-25(30)9-5-24)26-12-15-32(16-13-26)17-14-28-35-20-22(3)37-28;3-1(4)2(5)6/h4-11,21-22,26,28H,12-20H2,1-3H3,(H,31,34);(H,3,4)(H,5,6)/t22-,28?;/m0./s1. The van der Waals surface area contributed by atoms with Crippen molar-refractivity contribution in [2.75, 3.05) is 26.2 Å². The first-order valence-electron chi connectivity index (χ1n) is 14.5. The van der Waals surface area contributed by atoms with E-state index in [4.69, 9.17) is 34.0 Å². The van der Waals surface area contributed by atoms with Crippen molar-refractivity contribution in [3.8, 4) is 5.75 Å². The number of carbonyl (C=O) groups is 3. The minimum atomic E-state index is -1.82. The van der Waals surface area contributed by atoms with Crippen LogP contribution in [0.5, 0.6) is 5.75 Å². The molecule has 4 rings (SSSR count). The molecule has 2 aromatic carbocycles. The molecule has 2 aliphatic rings. The predicted molar refractivity (Wildman–Crippen MR) is 156 cm³/mol. The molecule has 11 nitrogen and oxygen atoms in total. The molecule has 236 valence electrons. The van der Waals surface area contributed by atoms with Crippen LogP contribution in [0.4, 0.5) is 9.18 Å². The lowest BCUT2D eigenvalue weighted by molar-refractivity contribution is -0.159. The van der Waals surface area contributed by atoms with Gasteiger partial charge in [0.05, 0.1) is 18.8 Å². The van der Waals surface area contributed by atoms with E-state index in [0.29, 0.717) is 19.7 Å². The second-order valence-corrected chi connectivity index (χ2v) is 10.9. The Morgan fingerprint density at radius 3 is 2.16 bits per heavy atom. The lowest BCUT2D eigenvalue weighted by Crippen LogP contribution is -2.50. The molecule has 0 radical (unpaired) electrons. The molecule has 3 N–H and O–H groups in total. The van der Waals surface area contributed by atoms with E-state index in [2.05, 4.69) is 10.2 Å². The quantitative estimate of drug-likeness (QED) is 0.343. The van der Waals surface area contributed by atoms with Gasteiger partial charge in [-0.05, 0) is 69.0 Å². The molecular formula is C31H42FN3O8. The van der Waals surface area contributed by atoms with Crippen LogP contribution in [0.1, 0.15) is 51.2 Å². The fourth-order valence-corrected chi connectivity index (χ4v) is 4.86. The van der Waals surface area contributed by atoms with Crippen LogP contribution in [-0.2, 0) is 32.2 Å². The number of halogens is 1. The summed E-state index contributed by atoms with van der Waals surface area (Å²) in [4.78, 5) is 35.9. The molecule has 0 bridgehead atoms. The SMILES string of the molecule is CC(C)Oc1ccc(CNC(=O)N(Cc2ccc(F)cc2)C2CCN(CCC3OC[C@H](C)O3)CC2)cc1.O=C(O)C(=O)O. The number of hydrogen-bond acceptors (Lipinski definition) is 7. The number of aliphatic carboxylic acids is 2. The van der Waals surface area contributed by atoms with Crippen molar-refractivity contribution >= 4 is 18.0 Å². The lowest BCUT2D eigenvalue weighted by Gasteiger charge is -2.38. The highest BCUT2D eigenvalue weighted by Crippen LogP contribution is 2.22. The Balaban J connectivity index is 0.000000765. The van der Waals surface area contributed by atoms with Gasteiger partial charge < -0.3 is 39.5 Å². The first kappa shape index (κ1) is 33.8. The minimum absolute atomic E-state index is 0.105. The third-order valence-electron chi connectivity index (χ3n) is 7.03. The normalized spacial score (nSPS) is 18.9. The third kappa shape index (κ3) is 11.8. The van der Waals surface area contributed by atoms with E-state index in [9.17, 15) is 9.18 Å². The zero-order valence-corrected chi connectivity index (χ0v) is 24.9. The van der Waals surface area contributed by atoms with Crippen LogP contribution >= 0.6 is 0 Å². The molecule has 2 fully saturated rings. The van der Waals surface area contributed by atoms with Crippen LogP contribution in [0.25, 0.3) is 0 Å². The largest absolute Gasteiger partial charge is 0.491 e. The number of nitrogens with zero attached hydrogens (tertiary/aromatic N) is 2. The number of rotatable bonds is 10. The van der Waals surface area contributed by atoms with Crippen molar-refractivity contribution in [2.45, 2.75) is 77.7 Å². The summed E-state index contributed by atoms with van der Waals surface area (Å²) in [6, 6.07) is 14.2. The molecule has 0 spiro atoms. The molecule has 0 aromatic heterocycles. The third-order valence-corrected chi connectivity index (χ3v) is 7.03. The van der Waals surface area contributed by atoms with Crippen LogP contribution in [0, 0.1) is 5.82 Å². The Kier molecular flexibility index (Phi) is 13.2. The number of hydrogen-bond donors (Lipinski definition) is 3. The van der Waals surface area contributed by atoms with E-state index in [-0.39, 0.29) is 36.4 Å². The van der Waals surface area contributed by atoms with E-state index in [0.717, 1.165) is 55.8 Å². The van der Waals surface area contributed by atoms with E-state index >= 15 is 0 Å². The number of likely N-dealkylation sites (tertiary alicyclic amines) is 1. The number of ether oxygens (including phenoxy) is 3. The van der Waals surface area contributed by atoms with Crippen molar-refractivity contribution in [2.24, 2.45) is 0 Å². The first-order chi connectivity index (χ1) is 20.5. The Hall–Kier alpha value is -3.74. The Labute approximate surface area is 251 Å². The molecule has 2 saturated heterocycles. The van der Waals surface area contributed by atoms with Crippen LogP contribution in [0.3, 0.4) is 0 Å². The topological polar surface area (TPSA) is 138 Å². The highest BCUT2D eigenvalue weighted by atomic mass is 19.1. The summed E-state index contributed by atoms with van der Waals surface area (Å²) in [6.45, 7) is 10.3. The molecule has 43 heavy (non-hydrogen) atoms. The fourth-order valence-electron chi connectivity index (χ4n) is 4.86. The van der Waals surface area contributed by atoms with Gasteiger partial charge in [-0.25, -0.2) is 18.8 Å². The molecule has 2 atom stereocenters. The first-order valence-corrected chi connectivity index (χ1v) is 14.5. The number of nitrogens with one attached hydrogen (secondary N) is 1. The second kappa shape index (κ2) is 16.8. The second-order valence-electron chi connectivity index (χ2n) is 10.9. The van der Waals surface area contributed by atoms with Crippen molar-refractivity contribution in [3.63, 3.8) is 0 Å². The van der Waals surface area contributed by atoms with Crippen LogP contribution in [0.15, 0.2) is 48.5 Å². The van der Waals surface area contributed by atoms with Crippen molar-refractivity contribution < 1.29 is 43.2 Å². The Morgan fingerprint density at radius 1 is 1.02 bits per heavy atom. The zero-order valence-electron chi connectivity index (χ0n) is 24.9. The van der Waals surface area contributed by atoms with Gasteiger partial charge in [0.2, 0.25) is 0 Å². The number of amides is 2. The van der Waals surface area contributed by atoms with Gasteiger partial charge in [-0.3, -0.25) is 0 Å². The van der Waals surface area contributed by atoms with Gasteiger partial charge in [0, 0.05) is 45.2 Å². The summed E-state index contributed by atoms with van der Waals surface area (Å²) < 4.78 is 30.6. The summed E-state index contributed by atoms with van der Waals surface area (Å²) in [5.74, 6) is -3.11. The predicted octanol–water partition coefficient (Wildman–Crippen LogP) is 4.10. The van der Waals surface area contributed by atoms with Crippen molar-refractivity contribution in [3.05, 3.63) is 65.5 Å². The maximum Gasteiger partial charge on any atom is 0.414 e. The van der Waals surface area contributed by atoms with Crippen molar-refractivity contribution in [1.29, 1.82) is 0 Å². The number of benzene rings is 2. The molecule has 2 aliphatic heterocycles. The molecule has 2 heterocycles. The monoisotopic (exact) mass is 603 g/mol. The Morgan fingerprint density at radius 2 is 1.63 bits per heavy atom. The van der Waals surface area contributed by atoms with Gasteiger partial charge in [-0.2, -0.15) is 0 Å². The summed E-state index contributed by atoms with van der Waals surface area (Å²) in [7, 11) is 0. The molecule has 1 unspecified atom stereocenters. The van der Waals surface area contributed by atoms with Gasteiger partial charge >= 0.3 is 18.0 Å². The maximum atomic E-state index is 13.5. The highest BCUT2D eigenvalue weighted by Gasteiger charge is 2.29. The number of carbonyl (C=O) groups excluding carboxylic acids is 1. The number of urea groups is 1. The van der Waals surface area contributed by atoms with Crippen LogP contribution in [0.2, 0.25) is 0 Å². The molecule has 0 aliphatic carbocycles. The molecular weight excluding hydrogens is 561 g/mol. The molecule has 0 saturated carbocycles.